The predicted molar refractivity (Wildman–Crippen MR) is 161 cm³/mol. The number of hydrogen-bond donors (Lipinski definition) is 2. The summed E-state index contributed by atoms with van der Waals surface area (Å²) >= 11 is 0. The third-order valence-electron chi connectivity index (χ3n) is 8.21. The molecule has 2 bridgehead atoms. The summed E-state index contributed by atoms with van der Waals surface area (Å²) in [7, 11) is 2.15. The standard InChI is InChI=1S/C31H42N6O5/c1-35-8-3-2-4-16-39-27-18-24-25(19-28(27)40-17-5-9-36-10-12-37(13-11-36)14-15-38)32-21-33-31(24)34-29-23(20-35)6-7-26-30(29)42-22-41-26/h6-7,18-19,21,38H,2-5,8-17,20,22H2,1H3,(H,32,33,34). The van der Waals surface area contributed by atoms with Gasteiger partial charge in [-0.25, -0.2) is 9.97 Å². The van der Waals surface area contributed by atoms with E-state index in [1.54, 1.807) is 6.33 Å². The molecular weight excluding hydrogens is 536 g/mol. The second-order valence-electron chi connectivity index (χ2n) is 11.3. The summed E-state index contributed by atoms with van der Waals surface area (Å²) in [6.07, 6.45) is 5.65. The highest BCUT2D eigenvalue weighted by molar-refractivity contribution is 5.94. The fourth-order valence-electron chi connectivity index (χ4n) is 5.85. The summed E-state index contributed by atoms with van der Waals surface area (Å²) in [5, 5.41) is 13.6. The third kappa shape index (κ3) is 6.81. The fourth-order valence-corrected chi connectivity index (χ4v) is 5.85. The Bertz CT molecular complexity index is 1350. The maximum Gasteiger partial charge on any atom is 0.231 e. The minimum Gasteiger partial charge on any atom is -0.490 e. The second-order valence-corrected chi connectivity index (χ2v) is 11.3. The number of aliphatic hydroxyl groups is 1. The summed E-state index contributed by atoms with van der Waals surface area (Å²) < 4.78 is 24.2. The van der Waals surface area contributed by atoms with Crippen LogP contribution in [0.2, 0.25) is 0 Å². The topological polar surface area (TPSA) is 105 Å². The molecule has 3 aliphatic heterocycles. The largest absolute Gasteiger partial charge is 0.490 e. The first-order valence-electron chi connectivity index (χ1n) is 15.1. The minimum atomic E-state index is 0.201. The zero-order chi connectivity index (χ0) is 28.7. The van der Waals surface area contributed by atoms with Gasteiger partial charge in [0.15, 0.2) is 23.0 Å². The van der Waals surface area contributed by atoms with E-state index >= 15 is 0 Å². The smallest absolute Gasteiger partial charge is 0.231 e. The molecule has 11 heteroatoms. The molecule has 11 nitrogen and oxygen atoms in total. The van der Waals surface area contributed by atoms with Crippen LogP contribution in [0.5, 0.6) is 23.0 Å². The van der Waals surface area contributed by atoms with Crippen LogP contribution >= 0.6 is 0 Å². The van der Waals surface area contributed by atoms with E-state index in [0.29, 0.717) is 36.3 Å². The van der Waals surface area contributed by atoms with Crippen LogP contribution in [0, 0.1) is 0 Å². The van der Waals surface area contributed by atoms with Crippen molar-refractivity contribution in [3.8, 4) is 23.0 Å². The molecule has 0 saturated carbocycles. The molecule has 42 heavy (non-hydrogen) atoms. The van der Waals surface area contributed by atoms with Gasteiger partial charge in [0.25, 0.3) is 0 Å². The maximum absolute atomic E-state index is 9.18. The Kier molecular flexibility index (Phi) is 9.39. The average Bonchev–Trinajstić information content (AvgIpc) is 3.48. The summed E-state index contributed by atoms with van der Waals surface area (Å²) in [5.74, 6) is 3.54. The van der Waals surface area contributed by atoms with E-state index < -0.39 is 0 Å². The normalized spacial score (nSPS) is 18.6. The molecule has 1 fully saturated rings. The van der Waals surface area contributed by atoms with Crippen molar-refractivity contribution >= 4 is 22.4 Å². The molecule has 0 unspecified atom stereocenters. The van der Waals surface area contributed by atoms with Crippen molar-refractivity contribution in [2.24, 2.45) is 0 Å². The molecule has 3 aromatic rings. The van der Waals surface area contributed by atoms with E-state index in [4.69, 9.17) is 18.9 Å². The molecule has 226 valence electrons. The highest BCUT2D eigenvalue weighted by atomic mass is 16.7. The van der Waals surface area contributed by atoms with Gasteiger partial charge in [-0.3, -0.25) is 4.90 Å². The van der Waals surface area contributed by atoms with Crippen molar-refractivity contribution in [3.63, 3.8) is 0 Å². The zero-order valence-electron chi connectivity index (χ0n) is 24.5. The van der Waals surface area contributed by atoms with E-state index in [0.717, 1.165) is 106 Å². The lowest BCUT2D eigenvalue weighted by atomic mass is 10.1. The lowest BCUT2D eigenvalue weighted by Gasteiger charge is -2.34. The van der Waals surface area contributed by atoms with E-state index in [1.807, 2.05) is 18.2 Å². The molecule has 0 amide bonds. The molecule has 0 aliphatic carbocycles. The van der Waals surface area contributed by atoms with Gasteiger partial charge in [0.05, 0.1) is 31.0 Å². The van der Waals surface area contributed by atoms with Gasteiger partial charge in [-0.15, -0.1) is 0 Å². The van der Waals surface area contributed by atoms with Crippen molar-refractivity contribution < 1.29 is 24.1 Å². The van der Waals surface area contributed by atoms with Gasteiger partial charge in [0, 0.05) is 57.3 Å². The van der Waals surface area contributed by atoms with Crippen LogP contribution in [0.1, 0.15) is 31.2 Å². The Balaban J connectivity index is 1.22. The first kappa shape index (κ1) is 28.7. The number of aliphatic hydroxyl groups excluding tert-OH is 1. The van der Waals surface area contributed by atoms with Gasteiger partial charge in [-0.2, -0.15) is 0 Å². The maximum atomic E-state index is 9.18. The summed E-state index contributed by atoms with van der Waals surface area (Å²) in [5.41, 5.74) is 2.77. The van der Waals surface area contributed by atoms with Crippen LogP contribution in [-0.2, 0) is 6.54 Å². The van der Waals surface area contributed by atoms with Crippen LogP contribution in [0.4, 0.5) is 11.5 Å². The molecule has 0 radical (unpaired) electrons. The Hall–Kier alpha value is -3.38. The molecule has 6 rings (SSSR count). The number of hydrogen-bond acceptors (Lipinski definition) is 11. The van der Waals surface area contributed by atoms with E-state index in [9.17, 15) is 5.11 Å². The number of aromatic nitrogens is 2. The van der Waals surface area contributed by atoms with Crippen LogP contribution in [0.3, 0.4) is 0 Å². The highest BCUT2D eigenvalue weighted by Gasteiger charge is 2.23. The van der Waals surface area contributed by atoms with Gasteiger partial charge in [-0.1, -0.05) is 6.07 Å². The molecule has 4 heterocycles. The van der Waals surface area contributed by atoms with E-state index in [-0.39, 0.29) is 13.4 Å². The molecular formula is C31H42N6O5. The Labute approximate surface area is 247 Å². The number of nitrogens with zero attached hydrogens (tertiary/aromatic N) is 5. The number of fused-ring (bicyclic) bond motifs is 4. The number of ether oxygens (including phenoxy) is 4. The number of anilines is 2. The fraction of sp³-hybridized carbons (Fsp3) is 0.548. The van der Waals surface area contributed by atoms with Gasteiger partial charge in [-0.05, 0) is 57.0 Å². The van der Waals surface area contributed by atoms with Crippen molar-refractivity contribution in [1.29, 1.82) is 0 Å². The molecule has 2 N–H and O–H groups in total. The van der Waals surface area contributed by atoms with Crippen LogP contribution in [0.25, 0.3) is 10.9 Å². The van der Waals surface area contributed by atoms with Gasteiger partial charge >= 0.3 is 0 Å². The summed E-state index contributed by atoms with van der Waals surface area (Å²) in [6.45, 7) is 9.21. The van der Waals surface area contributed by atoms with E-state index in [2.05, 4.69) is 43.1 Å². The first-order valence-corrected chi connectivity index (χ1v) is 15.1. The monoisotopic (exact) mass is 578 g/mol. The number of piperazine rings is 1. The first-order chi connectivity index (χ1) is 20.7. The van der Waals surface area contributed by atoms with Crippen molar-refractivity contribution in [2.75, 3.05) is 84.8 Å². The molecule has 3 aliphatic rings. The van der Waals surface area contributed by atoms with Crippen LogP contribution < -0.4 is 24.3 Å². The van der Waals surface area contributed by atoms with Crippen LogP contribution in [-0.4, -0.2) is 109 Å². The van der Waals surface area contributed by atoms with Gasteiger partial charge in [0.1, 0.15) is 12.1 Å². The lowest BCUT2D eigenvalue weighted by Crippen LogP contribution is -2.47. The average molecular weight is 579 g/mol. The molecule has 2 aromatic carbocycles. The number of nitrogens with one attached hydrogen (secondary N) is 1. The zero-order valence-corrected chi connectivity index (χ0v) is 24.5. The third-order valence-corrected chi connectivity index (χ3v) is 8.21. The number of rotatable bonds is 7. The lowest BCUT2D eigenvalue weighted by molar-refractivity contribution is 0.108. The number of benzene rings is 2. The van der Waals surface area contributed by atoms with Crippen molar-refractivity contribution in [3.05, 3.63) is 36.2 Å². The molecule has 1 saturated heterocycles. The van der Waals surface area contributed by atoms with Crippen molar-refractivity contribution in [1.82, 2.24) is 24.7 Å². The van der Waals surface area contributed by atoms with Crippen LogP contribution in [0.15, 0.2) is 30.6 Å². The molecule has 1 aromatic heterocycles. The van der Waals surface area contributed by atoms with Gasteiger partial charge < -0.3 is 39.2 Å². The highest BCUT2D eigenvalue weighted by Crippen LogP contribution is 2.44. The minimum absolute atomic E-state index is 0.201. The molecule has 0 spiro atoms. The molecule has 0 atom stereocenters. The van der Waals surface area contributed by atoms with Gasteiger partial charge in [0.2, 0.25) is 6.79 Å². The summed E-state index contributed by atoms with van der Waals surface area (Å²) in [4.78, 5) is 16.3. The second kappa shape index (κ2) is 13.7. The van der Waals surface area contributed by atoms with Crippen molar-refractivity contribution in [2.45, 2.75) is 32.2 Å². The quantitative estimate of drug-likeness (QED) is 0.403. The summed E-state index contributed by atoms with van der Waals surface area (Å²) in [6, 6.07) is 8.05. The Morgan fingerprint density at radius 3 is 2.64 bits per heavy atom. The number of β-amino-alcohol motifs (C(OH)–C–C–N with tert-alkyl or cyclic N) is 1. The Morgan fingerprint density at radius 1 is 0.929 bits per heavy atom. The SMILES string of the molecule is CN1CCCCCOc2cc3c(ncnc3cc2OCCCN2CCN(CCO)CC2)Nc2c(ccc3c2OCO3)C1. The predicted octanol–water partition coefficient (Wildman–Crippen LogP) is 3.48. The Morgan fingerprint density at radius 2 is 1.79 bits per heavy atom. The van der Waals surface area contributed by atoms with E-state index in [1.165, 1.54) is 0 Å².